The Labute approximate surface area is 508 Å². The molecule has 0 bridgehead atoms. The van der Waals surface area contributed by atoms with Crippen LogP contribution < -0.4 is 5.19 Å². The number of fused-ring (bicyclic) bond motifs is 8. The maximum absolute atomic E-state index is 5.33. The van der Waals surface area contributed by atoms with E-state index < -0.39 is 24.7 Å². The standard InChI is InChI=1S/C19H28NSi.C19H26NSi.C19H23NSi.8CH3.3Ti/c3*1-19(2,3)20-21(4,5)18-16-12-8-6-10-14(16)15-11-7-9-13-17(15)18;;;;;;;;;;;/h6-18H,1-5H3;6-13,16-18H,1-5H3;6-13H,1-5H3;8*1H3;;;/q2*-1;-2;8*-1;3*+4. The zero-order valence-corrected chi connectivity index (χ0v) is 58.5. The fraction of sp³-hybridized carbons (Fsp3) is 0.400. The van der Waals surface area contributed by atoms with Gasteiger partial charge in [0.15, 0.2) is 0 Å². The van der Waals surface area contributed by atoms with Crippen molar-refractivity contribution in [3.05, 3.63) is 231 Å². The molecule has 0 aliphatic heterocycles. The van der Waals surface area contributed by atoms with Crippen LogP contribution in [0.5, 0.6) is 0 Å². The summed E-state index contributed by atoms with van der Waals surface area (Å²) < 4.78 is 0. The van der Waals surface area contributed by atoms with E-state index in [4.69, 9.17) is 14.9 Å². The summed E-state index contributed by atoms with van der Waals surface area (Å²) >= 11 is 0. The summed E-state index contributed by atoms with van der Waals surface area (Å²) in [7, 11) is -5.24. The van der Waals surface area contributed by atoms with Crippen molar-refractivity contribution >= 4 is 51.4 Å². The molecule has 0 saturated heterocycles. The van der Waals surface area contributed by atoms with Crippen LogP contribution in [0, 0.1) is 94.9 Å². The minimum atomic E-state index is -1.87. The molecule has 3 aromatic carbocycles. The van der Waals surface area contributed by atoms with E-state index in [1.54, 1.807) is 0 Å². The van der Waals surface area contributed by atoms with Gasteiger partial charge in [0.2, 0.25) is 0 Å². The van der Waals surface area contributed by atoms with Gasteiger partial charge in [0, 0.05) is 11.8 Å². The molecule has 0 aromatic heterocycles. The van der Waals surface area contributed by atoms with E-state index in [0.29, 0.717) is 46.6 Å². The average Bonchev–Trinajstić information content (AvgIpc) is 3.83. The summed E-state index contributed by atoms with van der Waals surface area (Å²) in [6.45, 7) is 34.6. The Bertz CT molecular complexity index is 2290. The Morgan fingerprint density at radius 3 is 1.01 bits per heavy atom. The Balaban J connectivity index is -0.000000299. The van der Waals surface area contributed by atoms with E-state index >= 15 is 0 Å². The molecule has 6 atom stereocenters. The van der Waals surface area contributed by atoms with Crippen molar-refractivity contribution < 1.29 is 65.2 Å². The topological polar surface area (TPSA) is 42.3 Å². The van der Waals surface area contributed by atoms with Gasteiger partial charge < -0.3 is 74.4 Å². The molecule has 0 radical (unpaired) electrons. The van der Waals surface area contributed by atoms with E-state index in [-0.39, 0.29) is 141 Å². The van der Waals surface area contributed by atoms with Crippen LogP contribution in [0.15, 0.2) is 157 Å². The van der Waals surface area contributed by atoms with E-state index in [1.165, 1.54) is 37.9 Å². The van der Waals surface area contributed by atoms with E-state index in [1.807, 2.05) is 0 Å². The van der Waals surface area contributed by atoms with Crippen LogP contribution >= 0.6 is 0 Å². The Morgan fingerprint density at radius 1 is 0.378 bits per heavy atom. The van der Waals surface area contributed by atoms with Gasteiger partial charge in [-0.2, -0.15) is 0 Å². The minimum Gasteiger partial charge on any atom is -0.662 e. The fourth-order valence-electron chi connectivity index (χ4n) is 12.8. The molecule has 74 heavy (non-hydrogen) atoms. The largest absolute Gasteiger partial charge is 4.00 e. The quantitative estimate of drug-likeness (QED) is 0.174. The van der Waals surface area contributed by atoms with Crippen LogP contribution in [-0.4, -0.2) is 41.3 Å². The number of hydrogen-bond donors (Lipinski definition) is 0. The maximum atomic E-state index is 5.33. The van der Waals surface area contributed by atoms with E-state index in [2.05, 4.69) is 247 Å². The number of benzene rings is 2. The molecule has 400 valence electrons. The summed E-state index contributed by atoms with van der Waals surface area (Å²) in [4.78, 5) is 15.9. The van der Waals surface area contributed by atoms with Crippen LogP contribution in [0.4, 0.5) is 0 Å². The molecule has 3 nitrogen and oxygen atoms in total. The Kier molecular flexibility index (Phi) is 34.6. The summed E-state index contributed by atoms with van der Waals surface area (Å²) in [6, 6.07) is 17.6. The Morgan fingerprint density at radius 2 is 0.676 bits per heavy atom. The number of nitrogens with zero attached hydrogens (tertiary/aromatic N) is 3. The fourth-order valence-corrected chi connectivity index (χ4v) is 25.0. The van der Waals surface area contributed by atoms with E-state index in [0.717, 1.165) is 0 Å². The molecule has 6 aliphatic rings. The molecule has 0 heterocycles. The number of allylic oxidation sites excluding steroid dienone is 18. The van der Waals surface area contributed by atoms with Gasteiger partial charge in [-0.1, -0.05) is 265 Å². The van der Waals surface area contributed by atoms with Gasteiger partial charge >= 0.3 is 65.2 Å². The third kappa shape index (κ3) is 18.4. The molecular weight excluding hydrogens is 1050 g/mol. The van der Waals surface area contributed by atoms with Crippen molar-refractivity contribution in [2.45, 2.75) is 129 Å². The van der Waals surface area contributed by atoms with Gasteiger partial charge in [0.1, 0.15) is 0 Å². The molecule has 9 rings (SSSR count). The van der Waals surface area contributed by atoms with Crippen molar-refractivity contribution in [2.75, 3.05) is 0 Å². The summed E-state index contributed by atoms with van der Waals surface area (Å²) in [5.74, 6) is 3.79. The first-order valence-electron chi connectivity index (χ1n) is 23.8. The zero-order valence-electron chi connectivity index (χ0n) is 50.8. The van der Waals surface area contributed by atoms with Gasteiger partial charge in [-0.05, 0) is 40.4 Å². The van der Waals surface area contributed by atoms with Gasteiger partial charge in [0.05, 0.1) is 0 Å². The number of hydrogen-bond acceptors (Lipinski definition) is 0. The van der Waals surface area contributed by atoms with Crippen molar-refractivity contribution in [3.63, 3.8) is 0 Å². The molecule has 6 aliphatic carbocycles. The van der Waals surface area contributed by atoms with Gasteiger partial charge in [-0.3, -0.25) is 0 Å². The number of rotatable bonds is 6. The summed E-state index contributed by atoms with van der Waals surface area (Å²) in [5.41, 5.74) is 4.55. The first-order chi connectivity index (χ1) is 29.4. The van der Waals surface area contributed by atoms with Crippen LogP contribution in [-0.2, 0) is 65.2 Å². The maximum Gasteiger partial charge on any atom is 4.00 e. The molecule has 0 N–H and O–H groups in total. The van der Waals surface area contributed by atoms with Crippen molar-refractivity contribution in [1.82, 2.24) is 0 Å². The smallest absolute Gasteiger partial charge is 0.662 e. The van der Waals surface area contributed by atoms with Gasteiger partial charge in [-0.15, -0.1) is 55.5 Å². The molecule has 9 heteroatoms. The second kappa shape index (κ2) is 31.4. The zero-order chi connectivity index (χ0) is 45.8. The third-order valence-electron chi connectivity index (χ3n) is 13.7. The second-order valence-corrected chi connectivity index (χ2v) is 35.8. The van der Waals surface area contributed by atoms with Crippen molar-refractivity contribution in [1.29, 1.82) is 0 Å². The predicted octanol–water partition coefficient (Wildman–Crippen LogP) is 19.9. The first-order valence-corrected chi connectivity index (χ1v) is 32.8. The molecule has 3 aromatic rings. The van der Waals surface area contributed by atoms with E-state index in [9.17, 15) is 0 Å². The van der Waals surface area contributed by atoms with Crippen LogP contribution in [0.3, 0.4) is 0 Å². The summed E-state index contributed by atoms with van der Waals surface area (Å²) in [5, 5.41) is 7.01. The monoisotopic (exact) mass is 1150 g/mol. The molecule has 1 saturated carbocycles. The Hall–Kier alpha value is -1.36. The summed E-state index contributed by atoms with van der Waals surface area (Å²) in [6.07, 6.45) is 37.0. The van der Waals surface area contributed by atoms with Gasteiger partial charge in [0.25, 0.3) is 0 Å². The first kappa shape index (κ1) is 81.5. The molecule has 0 spiro atoms. The van der Waals surface area contributed by atoms with Crippen LogP contribution in [0.1, 0.15) is 62.3 Å². The van der Waals surface area contributed by atoms with Crippen molar-refractivity contribution in [2.24, 2.45) is 35.5 Å². The van der Waals surface area contributed by atoms with Crippen LogP contribution in [0.2, 0.25) is 50.4 Å². The molecule has 0 amide bonds. The van der Waals surface area contributed by atoms with Crippen LogP contribution in [0.25, 0.3) is 36.5 Å². The van der Waals surface area contributed by atoms with Gasteiger partial charge in [-0.25, -0.2) is 0 Å². The molecular formula is C65H101N3Si3Ti3. The average molecular weight is 1150 g/mol. The SMILES string of the molecule is CC(C)(C)[N-][Si](C)(C)C1C2C=CC=CC2=C2C=CC=CC21.CC(C)(C)[N-][Si](C)(C)C1C2C=CC=CC2C2C=CC=CC21.CC(C)(C)[N-][Si](C)(C)[c-]1c2ccccc2c2ccccc21.[CH3-].[CH3-].[CH3-].[CH3-].[CH3-].[CH3-].[CH3-].[CH3-].[Ti+4].[Ti+4].[Ti+4]. The van der Waals surface area contributed by atoms with Crippen molar-refractivity contribution in [3.8, 4) is 0 Å². The predicted molar refractivity (Wildman–Crippen MR) is 338 cm³/mol. The third-order valence-corrected chi connectivity index (χ3v) is 24.0. The molecule has 6 unspecified atom stereocenters. The molecule has 1 fully saturated rings. The normalized spacial score (nSPS) is 23.2. The second-order valence-electron chi connectivity index (χ2n) is 23.5. The minimum absolute atomic E-state index is 0.